The molecule has 2 heterocycles. The van der Waals surface area contributed by atoms with Gasteiger partial charge in [0.25, 0.3) is 5.89 Å². The standard InChI is InChI=1S/C23H25FN4O3/c1-2-16-9-11-18(12-10-16)25-23(29)28-13-5-6-17(14-28)22-26-21(31-27-22)15-30-20-8-4-3-7-19(20)24/h3-4,7-12,17H,2,5-6,13-15H2,1H3,(H,25,29). The van der Waals surface area contributed by atoms with Crippen LogP contribution in [0.25, 0.3) is 0 Å². The van der Waals surface area contributed by atoms with E-state index in [4.69, 9.17) is 9.26 Å². The van der Waals surface area contributed by atoms with Gasteiger partial charge in [0.05, 0.1) is 0 Å². The lowest BCUT2D eigenvalue weighted by molar-refractivity contribution is 0.190. The molecular weight excluding hydrogens is 399 g/mol. The summed E-state index contributed by atoms with van der Waals surface area (Å²) in [6.45, 7) is 3.26. The van der Waals surface area contributed by atoms with Crippen LogP contribution in [0.3, 0.4) is 0 Å². The second kappa shape index (κ2) is 9.59. The van der Waals surface area contributed by atoms with Crippen molar-refractivity contribution in [2.45, 2.75) is 38.7 Å². The quantitative estimate of drug-likeness (QED) is 0.617. The highest BCUT2D eigenvalue weighted by Gasteiger charge is 2.28. The molecule has 0 aliphatic carbocycles. The number of hydrogen-bond donors (Lipinski definition) is 1. The highest BCUT2D eigenvalue weighted by Crippen LogP contribution is 2.26. The minimum atomic E-state index is -0.444. The zero-order chi connectivity index (χ0) is 21.6. The molecule has 7 nitrogen and oxygen atoms in total. The van der Waals surface area contributed by atoms with Crippen molar-refractivity contribution in [3.63, 3.8) is 0 Å². The summed E-state index contributed by atoms with van der Waals surface area (Å²) in [5, 5.41) is 7.00. The highest BCUT2D eigenvalue weighted by molar-refractivity contribution is 5.89. The molecule has 0 bridgehead atoms. The van der Waals surface area contributed by atoms with Gasteiger partial charge in [0.2, 0.25) is 0 Å². The molecule has 1 unspecified atom stereocenters. The fourth-order valence-electron chi connectivity index (χ4n) is 3.59. The molecule has 3 aromatic rings. The number of amides is 2. The lowest BCUT2D eigenvalue weighted by atomic mass is 9.97. The van der Waals surface area contributed by atoms with Crippen molar-refractivity contribution in [1.82, 2.24) is 15.0 Å². The van der Waals surface area contributed by atoms with Crippen molar-refractivity contribution < 1.29 is 18.4 Å². The van der Waals surface area contributed by atoms with Crippen molar-refractivity contribution >= 4 is 11.7 Å². The van der Waals surface area contributed by atoms with Crippen LogP contribution in [-0.4, -0.2) is 34.2 Å². The number of nitrogens with zero attached hydrogens (tertiary/aromatic N) is 3. The van der Waals surface area contributed by atoms with Gasteiger partial charge in [-0.3, -0.25) is 0 Å². The van der Waals surface area contributed by atoms with Gasteiger partial charge in [-0.1, -0.05) is 36.3 Å². The van der Waals surface area contributed by atoms with Crippen LogP contribution in [0, 0.1) is 5.82 Å². The van der Waals surface area contributed by atoms with Crippen LogP contribution >= 0.6 is 0 Å². The average molecular weight is 424 g/mol. The third-order valence-electron chi connectivity index (χ3n) is 5.36. The number of halogens is 1. The molecule has 1 N–H and O–H groups in total. The van der Waals surface area contributed by atoms with E-state index in [1.54, 1.807) is 23.1 Å². The number of likely N-dealkylation sites (tertiary alicyclic amines) is 1. The molecule has 31 heavy (non-hydrogen) atoms. The minimum Gasteiger partial charge on any atom is -0.481 e. The number of nitrogens with one attached hydrogen (secondary N) is 1. The van der Waals surface area contributed by atoms with Gasteiger partial charge < -0.3 is 19.5 Å². The maximum atomic E-state index is 13.7. The largest absolute Gasteiger partial charge is 0.481 e. The van der Waals surface area contributed by atoms with E-state index in [-0.39, 0.29) is 30.2 Å². The number of rotatable bonds is 6. The van der Waals surface area contributed by atoms with Crippen LogP contribution < -0.4 is 10.1 Å². The normalized spacial score (nSPS) is 16.2. The Kier molecular flexibility index (Phi) is 6.45. The van der Waals surface area contributed by atoms with Gasteiger partial charge >= 0.3 is 6.03 Å². The molecule has 0 spiro atoms. The second-order valence-corrected chi connectivity index (χ2v) is 7.53. The molecular formula is C23H25FN4O3. The lowest BCUT2D eigenvalue weighted by Crippen LogP contribution is -2.41. The summed E-state index contributed by atoms with van der Waals surface area (Å²) in [6, 6.07) is 13.9. The van der Waals surface area contributed by atoms with Crippen LogP contribution in [0.1, 0.15) is 43.0 Å². The number of para-hydroxylation sites is 1. The summed E-state index contributed by atoms with van der Waals surface area (Å²) in [5.41, 5.74) is 2.00. The van der Waals surface area contributed by atoms with Crippen LogP contribution in [0.2, 0.25) is 0 Å². The first-order chi connectivity index (χ1) is 15.1. The molecule has 1 aromatic heterocycles. The van der Waals surface area contributed by atoms with E-state index >= 15 is 0 Å². The van der Waals surface area contributed by atoms with Crippen LogP contribution in [0.5, 0.6) is 5.75 Å². The summed E-state index contributed by atoms with van der Waals surface area (Å²) in [6.07, 6.45) is 2.67. The van der Waals surface area contributed by atoms with E-state index in [0.717, 1.165) is 24.9 Å². The van der Waals surface area contributed by atoms with Crippen molar-refractivity contribution in [1.29, 1.82) is 0 Å². The van der Waals surface area contributed by atoms with Gasteiger partial charge in [-0.2, -0.15) is 4.98 Å². The van der Waals surface area contributed by atoms with Gasteiger partial charge in [0, 0.05) is 24.7 Å². The topological polar surface area (TPSA) is 80.5 Å². The van der Waals surface area contributed by atoms with E-state index in [1.807, 2.05) is 24.3 Å². The molecule has 0 saturated carbocycles. The number of ether oxygens (including phenoxy) is 1. The van der Waals surface area contributed by atoms with E-state index in [9.17, 15) is 9.18 Å². The predicted molar refractivity (Wildman–Crippen MR) is 113 cm³/mol. The van der Waals surface area contributed by atoms with Gasteiger partial charge in [-0.05, 0) is 49.1 Å². The molecule has 8 heteroatoms. The Morgan fingerprint density at radius 3 is 2.84 bits per heavy atom. The van der Waals surface area contributed by atoms with E-state index in [2.05, 4.69) is 22.4 Å². The number of benzene rings is 2. The molecule has 1 saturated heterocycles. The first-order valence-electron chi connectivity index (χ1n) is 10.5. The molecule has 4 rings (SSSR count). The third kappa shape index (κ3) is 5.20. The van der Waals surface area contributed by atoms with E-state index < -0.39 is 5.82 Å². The first kappa shape index (κ1) is 20.8. The number of hydrogen-bond acceptors (Lipinski definition) is 5. The van der Waals surface area contributed by atoms with Gasteiger partial charge in [-0.15, -0.1) is 0 Å². The molecule has 1 aliphatic rings. The molecule has 1 fully saturated rings. The Morgan fingerprint density at radius 1 is 1.26 bits per heavy atom. The molecule has 162 valence electrons. The molecule has 1 aliphatic heterocycles. The number of carbonyl (C=O) groups is 1. The van der Waals surface area contributed by atoms with Crippen molar-refractivity contribution in [3.8, 4) is 5.75 Å². The zero-order valence-electron chi connectivity index (χ0n) is 17.4. The maximum Gasteiger partial charge on any atom is 0.321 e. The first-order valence-corrected chi connectivity index (χ1v) is 10.5. The third-order valence-corrected chi connectivity index (χ3v) is 5.36. The van der Waals surface area contributed by atoms with Crippen LogP contribution in [0.4, 0.5) is 14.9 Å². The Bertz CT molecular complexity index is 1020. The zero-order valence-corrected chi connectivity index (χ0v) is 17.4. The maximum absolute atomic E-state index is 13.7. The summed E-state index contributed by atoms with van der Waals surface area (Å²) in [5.74, 6) is 0.482. The Morgan fingerprint density at radius 2 is 2.06 bits per heavy atom. The van der Waals surface area contributed by atoms with Gasteiger partial charge in [0.15, 0.2) is 24.0 Å². The number of carbonyl (C=O) groups excluding carboxylic acids is 1. The summed E-state index contributed by atoms with van der Waals surface area (Å²) < 4.78 is 24.4. The van der Waals surface area contributed by atoms with E-state index in [0.29, 0.717) is 18.9 Å². The van der Waals surface area contributed by atoms with Crippen LogP contribution in [0.15, 0.2) is 53.1 Å². The average Bonchev–Trinajstić information content (AvgIpc) is 3.28. The van der Waals surface area contributed by atoms with Gasteiger partial charge in [0.1, 0.15) is 0 Å². The summed E-state index contributed by atoms with van der Waals surface area (Å²) in [4.78, 5) is 18.9. The monoisotopic (exact) mass is 424 g/mol. The number of urea groups is 1. The van der Waals surface area contributed by atoms with Crippen molar-refractivity contribution in [3.05, 3.63) is 71.6 Å². The second-order valence-electron chi connectivity index (χ2n) is 7.53. The number of aryl methyl sites for hydroxylation is 1. The molecule has 2 aromatic carbocycles. The Balaban J connectivity index is 1.33. The molecule has 0 radical (unpaired) electrons. The molecule has 2 amide bonds. The van der Waals surface area contributed by atoms with Crippen molar-refractivity contribution in [2.75, 3.05) is 18.4 Å². The number of aromatic nitrogens is 2. The fourth-order valence-corrected chi connectivity index (χ4v) is 3.59. The van der Waals surface area contributed by atoms with E-state index in [1.165, 1.54) is 11.6 Å². The van der Waals surface area contributed by atoms with Crippen molar-refractivity contribution in [2.24, 2.45) is 0 Å². The Hall–Kier alpha value is -3.42. The summed E-state index contributed by atoms with van der Waals surface area (Å²) >= 11 is 0. The Labute approximate surface area is 180 Å². The van der Waals surface area contributed by atoms with Gasteiger partial charge in [-0.25, -0.2) is 9.18 Å². The lowest BCUT2D eigenvalue weighted by Gasteiger charge is -2.31. The highest BCUT2D eigenvalue weighted by atomic mass is 19.1. The number of anilines is 1. The molecule has 1 atom stereocenters. The fraction of sp³-hybridized carbons (Fsp3) is 0.348. The minimum absolute atomic E-state index is 0.0153. The summed E-state index contributed by atoms with van der Waals surface area (Å²) in [7, 11) is 0. The number of piperidine rings is 1. The SMILES string of the molecule is CCc1ccc(NC(=O)N2CCCC(c3noc(COc4ccccc4F)n3)C2)cc1. The smallest absolute Gasteiger partial charge is 0.321 e. The van der Waals surface area contributed by atoms with Crippen LogP contribution in [-0.2, 0) is 13.0 Å². The predicted octanol–water partition coefficient (Wildman–Crippen LogP) is 4.76.